The summed E-state index contributed by atoms with van der Waals surface area (Å²) in [5, 5.41) is 33.5. The van der Waals surface area contributed by atoms with Crippen LogP contribution in [0.15, 0.2) is 42.5 Å². The first-order valence-corrected chi connectivity index (χ1v) is 12.9. The molecule has 2 aliphatic rings. The summed E-state index contributed by atoms with van der Waals surface area (Å²) in [5.41, 5.74) is 1.60. The topological polar surface area (TPSA) is 115 Å². The Morgan fingerprint density at radius 1 is 1.16 bits per heavy atom. The molecule has 9 heteroatoms. The molecule has 2 aliphatic heterocycles. The van der Waals surface area contributed by atoms with Gasteiger partial charge in [-0.3, -0.25) is 9.69 Å². The van der Waals surface area contributed by atoms with E-state index in [0.29, 0.717) is 17.9 Å². The third-order valence-electron chi connectivity index (χ3n) is 7.33. The summed E-state index contributed by atoms with van der Waals surface area (Å²) in [5.74, 6) is 0.402. The number of hydrogen-bond donors (Lipinski definition) is 4. The number of carbonyl (C=O) groups excluding carboxylic acids is 1. The van der Waals surface area contributed by atoms with Crippen LogP contribution in [-0.4, -0.2) is 108 Å². The van der Waals surface area contributed by atoms with Crippen molar-refractivity contribution in [2.24, 2.45) is 0 Å². The fourth-order valence-corrected chi connectivity index (χ4v) is 4.70. The number of aliphatic hydroxyl groups is 3. The van der Waals surface area contributed by atoms with Crippen molar-refractivity contribution in [3.63, 3.8) is 0 Å². The second kappa shape index (κ2) is 11.9. The van der Waals surface area contributed by atoms with Crippen LogP contribution >= 0.6 is 0 Å². The molecule has 37 heavy (non-hydrogen) atoms. The number of amides is 1. The van der Waals surface area contributed by atoms with Crippen LogP contribution in [0.5, 0.6) is 5.75 Å². The molecule has 0 spiro atoms. The zero-order valence-corrected chi connectivity index (χ0v) is 21.9. The second-order valence-corrected chi connectivity index (χ2v) is 10.3. The molecule has 0 aliphatic carbocycles. The molecule has 2 heterocycles. The van der Waals surface area contributed by atoms with Crippen LogP contribution in [0.1, 0.15) is 29.3 Å². The lowest BCUT2D eigenvalue weighted by Gasteiger charge is -2.43. The van der Waals surface area contributed by atoms with E-state index < -0.39 is 24.1 Å². The molecule has 202 valence electrons. The predicted octanol–water partition coefficient (Wildman–Crippen LogP) is 1.24. The molecule has 0 saturated carbocycles. The normalized spacial score (nSPS) is 27.1. The molecule has 2 aromatic rings. The average Bonchev–Trinajstić information content (AvgIpc) is 2.89. The van der Waals surface area contributed by atoms with Gasteiger partial charge >= 0.3 is 0 Å². The van der Waals surface area contributed by atoms with E-state index in [-0.39, 0.29) is 18.9 Å². The van der Waals surface area contributed by atoms with Crippen LogP contribution in [0.25, 0.3) is 11.1 Å². The highest BCUT2D eigenvalue weighted by Gasteiger charge is 2.48. The fourth-order valence-electron chi connectivity index (χ4n) is 4.70. The molecule has 1 amide bonds. The maximum absolute atomic E-state index is 12.8. The number of likely N-dealkylation sites (N-methyl/N-ethyl adjacent to an activating group) is 1. The molecule has 0 radical (unpaired) electrons. The standard InChI is InChI=1S/C28H39N3O6/c1-19-15-21(7-8-24(19)37-27-28(2,35)25(33)17-23(18-32)36-27)20-5-4-6-22(16-20)26(34)29-9-10-31-13-11-30(3)12-14-31/h4-8,15-16,23,25,27,32-33,35H,9-14,17-18H2,1-3H3,(H,29,34)/t23-,25-,27+,28-/m0/s1. The maximum Gasteiger partial charge on any atom is 0.251 e. The minimum Gasteiger partial charge on any atom is -0.461 e. The van der Waals surface area contributed by atoms with Crippen molar-refractivity contribution in [2.75, 3.05) is 52.9 Å². The number of benzene rings is 2. The van der Waals surface area contributed by atoms with Crippen LogP contribution in [0.3, 0.4) is 0 Å². The zero-order valence-electron chi connectivity index (χ0n) is 21.9. The molecule has 0 bridgehead atoms. The summed E-state index contributed by atoms with van der Waals surface area (Å²) in [7, 11) is 2.13. The Labute approximate surface area is 218 Å². The van der Waals surface area contributed by atoms with E-state index in [4.69, 9.17) is 9.47 Å². The number of piperazine rings is 1. The van der Waals surface area contributed by atoms with E-state index in [1.807, 2.05) is 43.3 Å². The van der Waals surface area contributed by atoms with Crippen molar-refractivity contribution in [1.29, 1.82) is 0 Å². The van der Waals surface area contributed by atoms with Gasteiger partial charge in [0.1, 0.15) is 11.4 Å². The number of nitrogens with one attached hydrogen (secondary N) is 1. The molecule has 4 N–H and O–H groups in total. The van der Waals surface area contributed by atoms with Gasteiger partial charge in [0.2, 0.25) is 6.29 Å². The molecule has 0 unspecified atom stereocenters. The number of aliphatic hydroxyl groups excluding tert-OH is 2. The van der Waals surface area contributed by atoms with Crippen LogP contribution in [0.2, 0.25) is 0 Å². The van der Waals surface area contributed by atoms with Gasteiger partial charge in [-0.15, -0.1) is 0 Å². The number of rotatable bonds is 8. The maximum atomic E-state index is 12.8. The number of nitrogens with zero attached hydrogens (tertiary/aromatic N) is 2. The van der Waals surface area contributed by atoms with Crippen LogP contribution in [0, 0.1) is 6.92 Å². The van der Waals surface area contributed by atoms with Gasteiger partial charge in [-0.1, -0.05) is 18.2 Å². The third kappa shape index (κ3) is 6.67. The van der Waals surface area contributed by atoms with Crippen molar-refractivity contribution >= 4 is 5.91 Å². The first-order valence-electron chi connectivity index (χ1n) is 12.9. The van der Waals surface area contributed by atoms with Crippen molar-refractivity contribution in [2.45, 2.75) is 44.4 Å². The van der Waals surface area contributed by atoms with Gasteiger partial charge in [-0.05, 0) is 61.9 Å². The van der Waals surface area contributed by atoms with Crippen molar-refractivity contribution in [1.82, 2.24) is 15.1 Å². The summed E-state index contributed by atoms with van der Waals surface area (Å²) >= 11 is 0. The highest BCUT2D eigenvalue weighted by atomic mass is 16.7. The molecule has 2 saturated heterocycles. The molecule has 4 rings (SSSR count). The molecular formula is C28H39N3O6. The molecule has 4 atom stereocenters. The average molecular weight is 514 g/mol. The Morgan fingerprint density at radius 3 is 2.59 bits per heavy atom. The summed E-state index contributed by atoms with van der Waals surface area (Å²) in [6, 6.07) is 13.1. The van der Waals surface area contributed by atoms with Crippen molar-refractivity contribution in [3.05, 3.63) is 53.6 Å². The number of carbonyl (C=O) groups is 1. The highest BCUT2D eigenvalue weighted by molar-refractivity contribution is 5.95. The smallest absolute Gasteiger partial charge is 0.251 e. The van der Waals surface area contributed by atoms with Crippen LogP contribution < -0.4 is 10.1 Å². The summed E-state index contributed by atoms with van der Waals surface area (Å²) in [6.07, 6.45) is -2.70. The Morgan fingerprint density at radius 2 is 1.89 bits per heavy atom. The Hall–Kier alpha value is -2.53. The minimum absolute atomic E-state index is 0.0960. The summed E-state index contributed by atoms with van der Waals surface area (Å²) in [4.78, 5) is 17.4. The summed E-state index contributed by atoms with van der Waals surface area (Å²) in [6.45, 7) is 8.66. The lowest BCUT2D eigenvalue weighted by atomic mass is 9.90. The van der Waals surface area contributed by atoms with Gasteiger partial charge in [-0.2, -0.15) is 0 Å². The lowest BCUT2D eigenvalue weighted by Crippen LogP contribution is -2.60. The minimum atomic E-state index is -1.62. The molecule has 2 aromatic carbocycles. The SMILES string of the molecule is Cc1cc(-c2cccc(C(=O)NCCN3CCN(C)CC3)c2)ccc1O[C@H]1O[C@H](CO)C[C@H](O)[C@]1(C)O. The van der Waals surface area contributed by atoms with E-state index in [1.54, 1.807) is 6.07 Å². The molecular weight excluding hydrogens is 474 g/mol. The van der Waals surface area contributed by atoms with E-state index >= 15 is 0 Å². The van der Waals surface area contributed by atoms with Crippen molar-refractivity contribution < 1.29 is 29.6 Å². The Bertz CT molecular complexity index is 1070. The van der Waals surface area contributed by atoms with E-state index in [9.17, 15) is 20.1 Å². The first kappa shape index (κ1) is 27.5. The second-order valence-electron chi connectivity index (χ2n) is 10.3. The Balaban J connectivity index is 1.39. The number of aryl methyl sites for hydroxylation is 1. The van der Waals surface area contributed by atoms with Gasteiger partial charge in [-0.25, -0.2) is 0 Å². The van der Waals surface area contributed by atoms with E-state index in [1.165, 1.54) is 6.92 Å². The lowest BCUT2D eigenvalue weighted by molar-refractivity contribution is -0.283. The first-order chi connectivity index (χ1) is 17.7. The highest BCUT2D eigenvalue weighted by Crippen LogP contribution is 2.33. The van der Waals surface area contributed by atoms with E-state index in [2.05, 4.69) is 22.2 Å². The fraction of sp³-hybridized carbons (Fsp3) is 0.536. The predicted molar refractivity (Wildman–Crippen MR) is 141 cm³/mol. The van der Waals surface area contributed by atoms with Gasteiger partial charge in [0.05, 0.1) is 18.8 Å². The van der Waals surface area contributed by atoms with Gasteiger partial charge in [0, 0.05) is 51.3 Å². The van der Waals surface area contributed by atoms with Gasteiger partial charge < -0.3 is 35.0 Å². The molecule has 2 fully saturated rings. The molecule has 0 aromatic heterocycles. The largest absolute Gasteiger partial charge is 0.461 e. The van der Waals surface area contributed by atoms with Crippen LogP contribution in [0.4, 0.5) is 0 Å². The number of hydrogen-bond acceptors (Lipinski definition) is 8. The monoisotopic (exact) mass is 513 g/mol. The quantitative estimate of drug-likeness (QED) is 0.417. The number of ether oxygens (including phenoxy) is 2. The van der Waals surface area contributed by atoms with Crippen LogP contribution in [-0.2, 0) is 4.74 Å². The Kier molecular flexibility index (Phi) is 8.84. The van der Waals surface area contributed by atoms with Gasteiger partial charge in [0.15, 0.2) is 0 Å². The summed E-state index contributed by atoms with van der Waals surface area (Å²) < 4.78 is 11.6. The van der Waals surface area contributed by atoms with Crippen molar-refractivity contribution in [3.8, 4) is 16.9 Å². The zero-order chi connectivity index (χ0) is 26.6. The van der Waals surface area contributed by atoms with Gasteiger partial charge in [0.25, 0.3) is 5.91 Å². The van der Waals surface area contributed by atoms with E-state index in [0.717, 1.165) is 49.4 Å². The third-order valence-corrected chi connectivity index (χ3v) is 7.33. The molecule has 9 nitrogen and oxygen atoms in total.